The van der Waals surface area contributed by atoms with Crippen LogP contribution >= 0.6 is 23.1 Å². The first kappa shape index (κ1) is 17.3. The highest BCUT2D eigenvalue weighted by atomic mass is 32.2. The highest BCUT2D eigenvalue weighted by molar-refractivity contribution is 7.99. The lowest BCUT2D eigenvalue weighted by molar-refractivity contribution is 0.608. The van der Waals surface area contributed by atoms with Gasteiger partial charge in [0.25, 0.3) is 5.56 Å². The van der Waals surface area contributed by atoms with Gasteiger partial charge < -0.3 is 0 Å². The maximum atomic E-state index is 14.4. The molecule has 0 N–H and O–H groups in total. The number of benzene rings is 1. The average molecular weight is 385 g/mol. The molecule has 0 unspecified atom stereocenters. The number of aromatic nitrogens is 2. The van der Waals surface area contributed by atoms with Crippen molar-refractivity contribution in [3.63, 3.8) is 0 Å². The molecule has 1 aromatic carbocycles. The lowest BCUT2D eigenvalue weighted by Crippen LogP contribution is -2.23. The monoisotopic (exact) mass is 385 g/mol. The Bertz CT molecular complexity index is 1080. The van der Waals surface area contributed by atoms with E-state index in [9.17, 15) is 9.18 Å². The normalized spacial score (nSPS) is 13.5. The second kappa shape index (κ2) is 7.22. The molecule has 1 aliphatic rings. The van der Waals surface area contributed by atoms with Crippen LogP contribution in [-0.4, -0.2) is 15.3 Å². The molecule has 0 amide bonds. The molecule has 0 atom stereocenters. The molecule has 0 fully saturated rings. The van der Waals surface area contributed by atoms with E-state index in [1.165, 1.54) is 27.3 Å². The average Bonchev–Trinajstić information content (AvgIpc) is 3.02. The van der Waals surface area contributed by atoms with Crippen molar-refractivity contribution in [2.24, 2.45) is 0 Å². The van der Waals surface area contributed by atoms with Crippen molar-refractivity contribution in [2.75, 3.05) is 5.75 Å². The van der Waals surface area contributed by atoms with Gasteiger partial charge in [-0.25, -0.2) is 9.37 Å². The van der Waals surface area contributed by atoms with Crippen molar-refractivity contribution in [3.8, 4) is 11.8 Å². The smallest absolute Gasteiger partial charge is 0.267 e. The number of halogens is 1. The molecule has 4 rings (SSSR count). The fraction of sp³-hybridized carbons (Fsp3) is 0.316. The van der Waals surface area contributed by atoms with Crippen molar-refractivity contribution >= 4 is 33.3 Å². The molecule has 3 aromatic rings. The zero-order valence-corrected chi connectivity index (χ0v) is 15.6. The number of para-hydroxylation sites is 1. The summed E-state index contributed by atoms with van der Waals surface area (Å²) in [6.45, 7) is 0. The number of hydrogen-bond acceptors (Lipinski definition) is 5. The molecule has 132 valence electrons. The number of rotatable bonds is 4. The second-order valence-electron chi connectivity index (χ2n) is 6.13. The van der Waals surface area contributed by atoms with Gasteiger partial charge in [0, 0.05) is 17.1 Å². The highest BCUT2D eigenvalue weighted by Gasteiger charge is 2.23. The summed E-state index contributed by atoms with van der Waals surface area (Å²) in [5, 5.41) is 9.88. The number of fused-ring (bicyclic) bond motifs is 3. The Morgan fingerprint density at radius 2 is 2.12 bits per heavy atom. The summed E-state index contributed by atoms with van der Waals surface area (Å²) in [6, 6.07) is 8.35. The predicted octanol–water partition coefficient (Wildman–Crippen LogP) is 4.47. The van der Waals surface area contributed by atoms with Gasteiger partial charge in [-0.2, -0.15) is 5.26 Å². The number of thioether (sulfide) groups is 1. The zero-order valence-electron chi connectivity index (χ0n) is 14.0. The summed E-state index contributed by atoms with van der Waals surface area (Å²) in [5.41, 5.74) is 1.09. The van der Waals surface area contributed by atoms with Gasteiger partial charge in [0.1, 0.15) is 10.6 Å². The van der Waals surface area contributed by atoms with Crippen LogP contribution in [0.2, 0.25) is 0 Å². The van der Waals surface area contributed by atoms with Crippen molar-refractivity contribution < 1.29 is 4.39 Å². The van der Waals surface area contributed by atoms with Gasteiger partial charge in [-0.3, -0.25) is 9.36 Å². The van der Waals surface area contributed by atoms with Crippen LogP contribution < -0.4 is 5.56 Å². The van der Waals surface area contributed by atoms with Crippen LogP contribution in [0.5, 0.6) is 0 Å². The van der Waals surface area contributed by atoms with Gasteiger partial charge in [-0.05, 0) is 43.4 Å². The first-order chi connectivity index (χ1) is 12.7. The SMILES string of the molecule is N#CCCSc1nc2sc3c(c2c(=O)n1-c1ccccc1F)CCCC3. The van der Waals surface area contributed by atoms with Crippen molar-refractivity contribution in [2.45, 2.75) is 37.3 Å². The topological polar surface area (TPSA) is 58.7 Å². The Kier molecular flexibility index (Phi) is 4.79. The van der Waals surface area contributed by atoms with E-state index in [4.69, 9.17) is 10.2 Å². The summed E-state index contributed by atoms with van der Waals surface area (Å²) in [6.07, 6.45) is 4.40. The van der Waals surface area contributed by atoms with E-state index in [0.717, 1.165) is 36.1 Å². The van der Waals surface area contributed by atoms with Crippen LogP contribution in [0.15, 0.2) is 34.2 Å². The van der Waals surface area contributed by atoms with Gasteiger partial charge in [-0.15, -0.1) is 11.3 Å². The second-order valence-corrected chi connectivity index (χ2v) is 8.28. The van der Waals surface area contributed by atoms with Crippen molar-refractivity contribution in [1.29, 1.82) is 5.26 Å². The van der Waals surface area contributed by atoms with Crippen LogP contribution in [0.25, 0.3) is 15.9 Å². The summed E-state index contributed by atoms with van der Waals surface area (Å²) in [5.74, 6) is 0.0514. The van der Waals surface area contributed by atoms with Gasteiger partial charge in [-0.1, -0.05) is 23.9 Å². The number of thiophene rings is 1. The van der Waals surface area contributed by atoms with E-state index >= 15 is 0 Å². The third kappa shape index (κ3) is 2.93. The molecular weight excluding hydrogens is 369 g/mol. The number of nitrogens with zero attached hydrogens (tertiary/aromatic N) is 3. The summed E-state index contributed by atoms with van der Waals surface area (Å²) >= 11 is 2.90. The first-order valence-electron chi connectivity index (χ1n) is 8.52. The van der Waals surface area contributed by atoms with E-state index < -0.39 is 5.82 Å². The molecule has 0 aliphatic heterocycles. The van der Waals surface area contributed by atoms with Crippen molar-refractivity contribution in [1.82, 2.24) is 9.55 Å². The van der Waals surface area contributed by atoms with Crippen LogP contribution in [0.1, 0.15) is 29.7 Å². The first-order valence-corrected chi connectivity index (χ1v) is 10.3. The molecule has 7 heteroatoms. The molecule has 2 aromatic heterocycles. The molecule has 4 nitrogen and oxygen atoms in total. The fourth-order valence-corrected chi connectivity index (χ4v) is 5.47. The third-order valence-corrected chi connectivity index (χ3v) is 6.62. The Morgan fingerprint density at radius 1 is 1.31 bits per heavy atom. The van der Waals surface area contributed by atoms with Gasteiger partial charge >= 0.3 is 0 Å². The van der Waals surface area contributed by atoms with Crippen LogP contribution in [0.4, 0.5) is 4.39 Å². The summed E-state index contributed by atoms with van der Waals surface area (Å²) in [7, 11) is 0. The largest absolute Gasteiger partial charge is 0.268 e. The zero-order chi connectivity index (χ0) is 18.1. The minimum absolute atomic E-state index is 0.209. The Hall–Kier alpha value is -2.17. The van der Waals surface area contributed by atoms with Crippen LogP contribution in [0.3, 0.4) is 0 Å². The quantitative estimate of drug-likeness (QED) is 0.378. The fourth-order valence-electron chi connectivity index (χ4n) is 3.32. The minimum atomic E-state index is -0.456. The molecule has 0 radical (unpaired) electrons. The third-order valence-electron chi connectivity index (χ3n) is 4.50. The van der Waals surface area contributed by atoms with Crippen LogP contribution in [0, 0.1) is 17.1 Å². The van der Waals surface area contributed by atoms with Crippen LogP contribution in [-0.2, 0) is 12.8 Å². The van der Waals surface area contributed by atoms with E-state index in [2.05, 4.69) is 6.07 Å². The minimum Gasteiger partial charge on any atom is -0.268 e. The molecule has 1 aliphatic carbocycles. The standard InChI is InChI=1S/C19H16FN3OS2/c20-13-7-2-3-8-14(13)23-18(24)16-12-6-1-4-9-15(12)26-17(16)22-19(23)25-11-5-10-21/h2-3,7-8H,1,4-6,9,11H2. The lowest BCUT2D eigenvalue weighted by Gasteiger charge is -2.13. The number of hydrogen-bond donors (Lipinski definition) is 0. The van der Waals surface area contributed by atoms with E-state index in [0.29, 0.717) is 22.7 Å². The number of nitriles is 1. The molecule has 2 heterocycles. The summed E-state index contributed by atoms with van der Waals surface area (Å²) < 4.78 is 15.8. The van der Waals surface area contributed by atoms with Gasteiger partial charge in [0.05, 0.1) is 17.1 Å². The Labute approximate surface area is 158 Å². The molecule has 0 saturated carbocycles. The van der Waals surface area contributed by atoms with Gasteiger partial charge in [0.2, 0.25) is 0 Å². The molecular formula is C19H16FN3OS2. The summed E-state index contributed by atoms with van der Waals surface area (Å²) in [4.78, 5) is 20.0. The molecule has 0 saturated heterocycles. The van der Waals surface area contributed by atoms with E-state index in [1.54, 1.807) is 29.5 Å². The Morgan fingerprint density at radius 3 is 2.92 bits per heavy atom. The van der Waals surface area contributed by atoms with Crippen molar-refractivity contribution in [3.05, 3.63) is 50.9 Å². The van der Waals surface area contributed by atoms with E-state index in [-0.39, 0.29) is 11.2 Å². The lowest BCUT2D eigenvalue weighted by atomic mass is 9.97. The predicted molar refractivity (Wildman–Crippen MR) is 103 cm³/mol. The highest BCUT2D eigenvalue weighted by Crippen LogP contribution is 2.35. The molecule has 0 bridgehead atoms. The maximum absolute atomic E-state index is 14.4. The maximum Gasteiger partial charge on any atom is 0.267 e. The Balaban J connectivity index is 1.98. The molecule has 0 spiro atoms. The molecule has 26 heavy (non-hydrogen) atoms. The number of aryl methyl sites for hydroxylation is 2. The van der Waals surface area contributed by atoms with E-state index in [1.807, 2.05) is 0 Å². The van der Waals surface area contributed by atoms with Gasteiger partial charge in [0.15, 0.2) is 5.16 Å².